The van der Waals surface area contributed by atoms with E-state index in [9.17, 15) is 21.6 Å². The Morgan fingerprint density at radius 2 is 1.91 bits per heavy atom. The van der Waals surface area contributed by atoms with Crippen LogP contribution in [0, 0.1) is 6.92 Å². The van der Waals surface area contributed by atoms with Crippen LogP contribution >= 0.6 is 0 Å². The molecule has 8 nitrogen and oxygen atoms in total. The van der Waals surface area contributed by atoms with Gasteiger partial charge in [-0.2, -0.15) is 18.3 Å². The summed E-state index contributed by atoms with van der Waals surface area (Å²) in [6.45, 7) is 4.98. The second kappa shape index (κ2) is 8.84. The maximum absolute atomic E-state index is 13.8. The predicted octanol–water partition coefficient (Wildman–Crippen LogP) is 3.62. The lowest BCUT2D eigenvalue weighted by Crippen LogP contribution is -2.34. The Kier molecular flexibility index (Phi) is 6.21. The third kappa shape index (κ3) is 4.82. The summed E-state index contributed by atoms with van der Waals surface area (Å²) in [7, 11) is -3.30. The summed E-state index contributed by atoms with van der Waals surface area (Å²) in [5.74, 6) is 0.0408. The van der Waals surface area contributed by atoms with Gasteiger partial charge < -0.3 is 4.90 Å². The quantitative estimate of drug-likeness (QED) is 0.545. The molecule has 4 rings (SSSR count). The van der Waals surface area contributed by atoms with Crippen molar-refractivity contribution in [3.8, 4) is 0 Å². The molecule has 0 bridgehead atoms. The van der Waals surface area contributed by atoms with Crippen LogP contribution in [0.4, 0.5) is 24.5 Å². The number of sulfonamides is 1. The number of imidazole rings is 1. The second-order valence-electron chi connectivity index (χ2n) is 7.86. The van der Waals surface area contributed by atoms with Gasteiger partial charge in [-0.05, 0) is 49.7 Å². The molecule has 34 heavy (non-hydrogen) atoms. The number of para-hydroxylation sites is 2. The van der Waals surface area contributed by atoms with E-state index in [-0.39, 0.29) is 18.1 Å². The summed E-state index contributed by atoms with van der Waals surface area (Å²) >= 11 is 0. The Bertz CT molecular complexity index is 1410. The number of nitrogens with one attached hydrogen (secondary N) is 1. The Balaban J connectivity index is 1.69. The van der Waals surface area contributed by atoms with Gasteiger partial charge in [-0.3, -0.25) is 0 Å². The highest BCUT2D eigenvalue weighted by molar-refractivity contribution is 7.88. The number of likely N-dealkylation sites (N-methyl/N-ethyl adjacent to an activating group) is 1. The minimum Gasteiger partial charge on any atom is -0.370 e. The fraction of sp³-hybridized carbons (Fsp3) is 0.318. The zero-order valence-electron chi connectivity index (χ0n) is 18.8. The highest BCUT2D eigenvalue weighted by Gasteiger charge is 2.45. The zero-order valence-corrected chi connectivity index (χ0v) is 19.6. The topological polar surface area (TPSA) is 92.0 Å². The van der Waals surface area contributed by atoms with Gasteiger partial charge in [0.25, 0.3) is 0 Å². The zero-order chi connectivity index (χ0) is 24.7. The number of alkyl halides is 3. The van der Waals surface area contributed by atoms with E-state index in [1.807, 2.05) is 17.9 Å². The van der Waals surface area contributed by atoms with Crippen LogP contribution in [0.5, 0.6) is 0 Å². The third-order valence-corrected chi connectivity index (χ3v) is 6.08. The summed E-state index contributed by atoms with van der Waals surface area (Å²) in [5, 5.41) is 3.78. The molecule has 0 saturated carbocycles. The molecule has 1 N–H and O–H groups in total. The molecule has 1 aliphatic rings. The van der Waals surface area contributed by atoms with Gasteiger partial charge in [0.1, 0.15) is 5.71 Å². The van der Waals surface area contributed by atoms with Crippen molar-refractivity contribution in [3.05, 3.63) is 53.9 Å². The van der Waals surface area contributed by atoms with Crippen LogP contribution in [0.25, 0.3) is 11.0 Å². The molecule has 2 heterocycles. The lowest BCUT2D eigenvalue weighted by molar-refractivity contribution is -0.0567. The molecule has 180 valence electrons. The van der Waals surface area contributed by atoms with Crippen molar-refractivity contribution in [2.24, 2.45) is 10.1 Å². The number of benzene rings is 2. The lowest BCUT2D eigenvalue weighted by Gasteiger charge is -2.24. The SMILES string of the molecule is CCN(CCNS(C)(=O)=O)c1ccc(N=C2C(C(F)(F)F)=Nn3c2nc2ccccc23)c(C)c1. The molecular formula is C22H23F3N6O2S. The molecule has 0 saturated heterocycles. The number of rotatable bonds is 7. The van der Waals surface area contributed by atoms with E-state index in [0.717, 1.165) is 11.9 Å². The van der Waals surface area contributed by atoms with E-state index in [2.05, 4.69) is 19.8 Å². The smallest absolute Gasteiger partial charge is 0.370 e. The van der Waals surface area contributed by atoms with E-state index >= 15 is 0 Å². The third-order valence-electron chi connectivity index (χ3n) is 5.35. The first kappa shape index (κ1) is 23.9. The van der Waals surface area contributed by atoms with Crippen LogP contribution in [-0.2, 0) is 10.0 Å². The van der Waals surface area contributed by atoms with Crippen LogP contribution in [0.3, 0.4) is 0 Å². The van der Waals surface area contributed by atoms with Gasteiger partial charge in [0, 0.05) is 25.3 Å². The largest absolute Gasteiger partial charge is 0.437 e. The van der Waals surface area contributed by atoms with E-state index < -0.39 is 21.9 Å². The van der Waals surface area contributed by atoms with Crippen molar-refractivity contribution in [1.29, 1.82) is 0 Å². The Morgan fingerprint density at radius 1 is 1.18 bits per heavy atom. The molecule has 0 fully saturated rings. The van der Waals surface area contributed by atoms with Crippen molar-refractivity contribution in [1.82, 2.24) is 14.4 Å². The normalized spacial score (nSPS) is 15.1. The average Bonchev–Trinajstić information content (AvgIpc) is 3.29. The molecule has 1 aliphatic heterocycles. The number of anilines is 1. The molecule has 0 spiro atoms. The number of hydrogen-bond acceptors (Lipinski definition) is 6. The van der Waals surface area contributed by atoms with Crippen LogP contribution in [-0.4, -0.2) is 61.6 Å². The molecule has 1 aromatic heterocycles. The molecule has 0 unspecified atom stereocenters. The predicted molar refractivity (Wildman–Crippen MR) is 127 cm³/mol. The summed E-state index contributed by atoms with van der Waals surface area (Å²) in [4.78, 5) is 10.6. The summed E-state index contributed by atoms with van der Waals surface area (Å²) in [6.07, 6.45) is -3.60. The molecule has 0 aliphatic carbocycles. The summed E-state index contributed by atoms with van der Waals surface area (Å²) < 4.78 is 67.5. The number of fused-ring (bicyclic) bond motifs is 3. The number of halogens is 3. The first-order valence-electron chi connectivity index (χ1n) is 10.5. The summed E-state index contributed by atoms with van der Waals surface area (Å²) in [5.41, 5.74) is 1.41. The van der Waals surface area contributed by atoms with Crippen molar-refractivity contribution < 1.29 is 21.6 Å². The van der Waals surface area contributed by atoms with Crippen molar-refractivity contribution in [3.63, 3.8) is 0 Å². The number of aryl methyl sites for hydroxylation is 1. The van der Waals surface area contributed by atoms with E-state index in [4.69, 9.17) is 0 Å². The van der Waals surface area contributed by atoms with Crippen LogP contribution < -0.4 is 9.62 Å². The minimum absolute atomic E-state index is 0.0408. The van der Waals surface area contributed by atoms with Gasteiger partial charge in [-0.15, -0.1) is 0 Å². The highest BCUT2D eigenvalue weighted by Crippen LogP contribution is 2.32. The molecule has 0 radical (unpaired) electrons. The maximum atomic E-state index is 13.8. The Morgan fingerprint density at radius 3 is 2.56 bits per heavy atom. The van der Waals surface area contributed by atoms with Gasteiger partial charge >= 0.3 is 6.18 Å². The van der Waals surface area contributed by atoms with Gasteiger partial charge in [0.2, 0.25) is 10.0 Å². The first-order valence-corrected chi connectivity index (χ1v) is 12.4. The average molecular weight is 493 g/mol. The van der Waals surface area contributed by atoms with Crippen molar-refractivity contribution >= 4 is 43.9 Å². The Labute approximate surface area is 194 Å². The molecular weight excluding hydrogens is 469 g/mol. The second-order valence-corrected chi connectivity index (χ2v) is 9.69. The highest BCUT2D eigenvalue weighted by atomic mass is 32.2. The van der Waals surface area contributed by atoms with Crippen molar-refractivity contribution in [2.45, 2.75) is 20.0 Å². The van der Waals surface area contributed by atoms with E-state index in [1.165, 1.54) is 4.68 Å². The number of nitrogens with zero attached hydrogens (tertiary/aromatic N) is 5. The van der Waals surface area contributed by atoms with Crippen LogP contribution in [0.1, 0.15) is 18.3 Å². The van der Waals surface area contributed by atoms with E-state index in [1.54, 1.807) is 43.3 Å². The van der Waals surface area contributed by atoms with Crippen LogP contribution in [0.15, 0.2) is 52.6 Å². The number of hydrogen-bond donors (Lipinski definition) is 1. The molecule has 12 heteroatoms. The Hall–Kier alpha value is -3.25. The molecule has 3 aromatic rings. The van der Waals surface area contributed by atoms with Crippen LogP contribution in [0.2, 0.25) is 0 Å². The molecule has 0 amide bonds. The molecule has 0 atom stereocenters. The first-order chi connectivity index (χ1) is 16.0. The molecule has 2 aromatic carbocycles. The maximum Gasteiger partial charge on any atom is 0.437 e. The summed E-state index contributed by atoms with van der Waals surface area (Å²) in [6, 6.07) is 12.0. The van der Waals surface area contributed by atoms with Gasteiger partial charge in [0.15, 0.2) is 11.5 Å². The fourth-order valence-electron chi connectivity index (χ4n) is 3.73. The van der Waals surface area contributed by atoms with E-state index in [0.29, 0.717) is 35.4 Å². The number of aromatic nitrogens is 2. The van der Waals surface area contributed by atoms with Crippen molar-refractivity contribution in [2.75, 3.05) is 30.8 Å². The van der Waals surface area contributed by atoms with Gasteiger partial charge in [-0.1, -0.05) is 12.1 Å². The minimum atomic E-state index is -4.69. The number of aliphatic imine (C=N–C) groups is 1. The van der Waals surface area contributed by atoms with Gasteiger partial charge in [0.05, 0.1) is 23.0 Å². The monoisotopic (exact) mass is 492 g/mol. The standard InChI is InChI=1S/C22H23F3N6O2S/c1-4-30(12-11-26-34(3,32)33)15-9-10-16(14(2)13-15)27-19-20(22(23,24)25)29-31-18-8-6-5-7-17(18)28-21(19)31/h5-10,13,26H,4,11-12H2,1-3H3. The fourth-order valence-corrected chi connectivity index (χ4v) is 4.20. The van der Waals surface area contributed by atoms with Gasteiger partial charge in [-0.25, -0.2) is 27.8 Å². The lowest BCUT2D eigenvalue weighted by atomic mass is 10.1.